The van der Waals surface area contributed by atoms with E-state index in [-0.39, 0.29) is 5.54 Å². The van der Waals surface area contributed by atoms with Gasteiger partial charge in [-0.25, -0.2) is 0 Å². The SMILES string of the molecule is CC(C)C1CCCC(CN)(N2CCc3ccccc32)CC1. The molecule has 1 aromatic rings. The van der Waals surface area contributed by atoms with Crippen LogP contribution in [0.15, 0.2) is 24.3 Å². The molecule has 1 heterocycles. The highest BCUT2D eigenvalue weighted by Gasteiger charge is 2.40. The largest absolute Gasteiger partial charge is 0.364 e. The van der Waals surface area contributed by atoms with Gasteiger partial charge in [-0.15, -0.1) is 0 Å². The first-order valence-electron chi connectivity index (χ1n) is 8.72. The number of hydrogen-bond donors (Lipinski definition) is 1. The van der Waals surface area contributed by atoms with Crippen molar-refractivity contribution in [2.24, 2.45) is 17.6 Å². The molecule has 0 radical (unpaired) electrons. The fourth-order valence-electron chi connectivity index (χ4n) is 4.50. The summed E-state index contributed by atoms with van der Waals surface area (Å²) in [6.07, 6.45) is 7.77. The minimum absolute atomic E-state index is 0.205. The Morgan fingerprint density at radius 2 is 2.05 bits per heavy atom. The lowest BCUT2D eigenvalue weighted by Crippen LogP contribution is -2.53. The molecule has 0 bridgehead atoms. The second-order valence-corrected chi connectivity index (χ2v) is 7.39. The third-order valence-electron chi connectivity index (χ3n) is 5.98. The first kappa shape index (κ1) is 14.9. The Hall–Kier alpha value is -1.02. The fraction of sp³-hybridized carbons (Fsp3) is 0.684. The van der Waals surface area contributed by atoms with Crippen LogP contribution in [0.5, 0.6) is 0 Å². The quantitative estimate of drug-likeness (QED) is 0.852. The standard InChI is InChI=1S/C19H30N2/c1-15(2)16-7-5-11-19(14-20,12-9-16)21-13-10-17-6-3-4-8-18(17)21/h3-4,6,8,15-16H,5,7,9-14,20H2,1-2H3. The summed E-state index contributed by atoms with van der Waals surface area (Å²) in [5.41, 5.74) is 9.49. The molecule has 116 valence electrons. The normalized spacial score (nSPS) is 29.5. The molecular formula is C19H30N2. The van der Waals surface area contributed by atoms with E-state index in [0.29, 0.717) is 0 Å². The average molecular weight is 286 g/mol. The van der Waals surface area contributed by atoms with Gasteiger partial charge in [0, 0.05) is 18.8 Å². The number of hydrogen-bond acceptors (Lipinski definition) is 2. The summed E-state index contributed by atoms with van der Waals surface area (Å²) < 4.78 is 0. The van der Waals surface area contributed by atoms with Crippen molar-refractivity contribution in [1.82, 2.24) is 0 Å². The van der Waals surface area contributed by atoms with Gasteiger partial charge in [-0.1, -0.05) is 44.9 Å². The predicted octanol–water partition coefficient (Wildman–Crippen LogP) is 3.98. The maximum Gasteiger partial charge on any atom is 0.0524 e. The second-order valence-electron chi connectivity index (χ2n) is 7.39. The van der Waals surface area contributed by atoms with Crippen molar-refractivity contribution in [3.63, 3.8) is 0 Å². The van der Waals surface area contributed by atoms with Crippen molar-refractivity contribution in [3.8, 4) is 0 Å². The summed E-state index contributed by atoms with van der Waals surface area (Å²) in [7, 11) is 0. The Morgan fingerprint density at radius 3 is 2.81 bits per heavy atom. The average Bonchev–Trinajstić information content (AvgIpc) is 2.80. The van der Waals surface area contributed by atoms with E-state index in [1.54, 1.807) is 0 Å². The number of nitrogens with two attached hydrogens (primary N) is 1. The molecule has 0 saturated heterocycles. The van der Waals surface area contributed by atoms with Crippen LogP contribution in [-0.4, -0.2) is 18.6 Å². The molecule has 21 heavy (non-hydrogen) atoms. The van der Waals surface area contributed by atoms with E-state index in [4.69, 9.17) is 5.73 Å². The molecule has 1 saturated carbocycles. The van der Waals surface area contributed by atoms with Crippen molar-refractivity contribution in [2.45, 2.75) is 57.9 Å². The lowest BCUT2D eigenvalue weighted by Gasteiger charge is -2.43. The molecular weight excluding hydrogens is 256 g/mol. The fourth-order valence-corrected chi connectivity index (χ4v) is 4.50. The van der Waals surface area contributed by atoms with Crippen LogP contribution in [0.3, 0.4) is 0 Å². The zero-order chi connectivity index (χ0) is 14.9. The molecule has 2 N–H and O–H groups in total. The van der Waals surface area contributed by atoms with Gasteiger partial charge in [-0.2, -0.15) is 0 Å². The molecule has 2 aliphatic rings. The molecule has 1 aromatic carbocycles. The zero-order valence-electron chi connectivity index (χ0n) is 13.6. The number of nitrogens with zero attached hydrogens (tertiary/aromatic N) is 1. The highest BCUT2D eigenvalue weighted by atomic mass is 15.2. The third kappa shape index (κ3) is 2.70. The van der Waals surface area contributed by atoms with E-state index in [2.05, 4.69) is 43.0 Å². The molecule has 0 spiro atoms. The smallest absolute Gasteiger partial charge is 0.0524 e. The highest BCUT2D eigenvalue weighted by Crippen LogP contribution is 2.42. The van der Waals surface area contributed by atoms with Crippen LogP contribution in [0, 0.1) is 11.8 Å². The van der Waals surface area contributed by atoms with Crippen LogP contribution in [0.25, 0.3) is 0 Å². The Labute approximate surface area is 129 Å². The molecule has 2 nitrogen and oxygen atoms in total. The predicted molar refractivity (Wildman–Crippen MR) is 90.7 cm³/mol. The molecule has 2 atom stereocenters. The first-order chi connectivity index (χ1) is 10.2. The molecule has 1 aliphatic carbocycles. The molecule has 3 rings (SSSR count). The van der Waals surface area contributed by atoms with E-state index in [1.807, 2.05) is 0 Å². The van der Waals surface area contributed by atoms with Gasteiger partial charge in [0.15, 0.2) is 0 Å². The van der Waals surface area contributed by atoms with Gasteiger partial charge in [0.1, 0.15) is 0 Å². The van der Waals surface area contributed by atoms with Gasteiger partial charge < -0.3 is 10.6 Å². The van der Waals surface area contributed by atoms with Crippen LogP contribution >= 0.6 is 0 Å². The van der Waals surface area contributed by atoms with Gasteiger partial charge in [0.05, 0.1) is 5.54 Å². The van der Waals surface area contributed by atoms with E-state index < -0.39 is 0 Å². The van der Waals surface area contributed by atoms with Crippen LogP contribution in [0.1, 0.15) is 51.5 Å². The van der Waals surface area contributed by atoms with Gasteiger partial charge in [0.25, 0.3) is 0 Å². The first-order valence-corrected chi connectivity index (χ1v) is 8.72. The number of anilines is 1. The van der Waals surface area contributed by atoms with Gasteiger partial charge in [-0.3, -0.25) is 0 Å². The van der Waals surface area contributed by atoms with Crippen molar-refractivity contribution in [3.05, 3.63) is 29.8 Å². The second kappa shape index (κ2) is 6.00. The summed E-state index contributed by atoms with van der Waals surface area (Å²) in [4.78, 5) is 2.66. The zero-order valence-corrected chi connectivity index (χ0v) is 13.6. The Kier molecular flexibility index (Phi) is 4.26. The van der Waals surface area contributed by atoms with E-state index in [1.165, 1.54) is 49.8 Å². The van der Waals surface area contributed by atoms with Crippen LogP contribution in [0.2, 0.25) is 0 Å². The Balaban J connectivity index is 1.85. The number of para-hydroxylation sites is 1. The molecule has 1 fully saturated rings. The maximum atomic E-state index is 6.32. The highest BCUT2D eigenvalue weighted by molar-refractivity contribution is 5.60. The monoisotopic (exact) mass is 286 g/mol. The van der Waals surface area contributed by atoms with Crippen molar-refractivity contribution in [2.75, 3.05) is 18.0 Å². The van der Waals surface area contributed by atoms with Crippen molar-refractivity contribution >= 4 is 5.69 Å². The third-order valence-corrected chi connectivity index (χ3v) is 5.98. The molecule has 2 heteroatoms. The lowest BCUT2D eigenvalue weighted by molar-refractivity contribution is 0.316. The molecule has 2 unspecified atom stereocenters. The summed E-state index contributed by atoms with van der Waals surface area (Å²) >= 11 is 0. The maximum absolute atomic E-state index is 6.32. The van der Waals surface area contributed by atoms with Gasteiger partial charge in [-0.05, 0) is 49.1 Å². The summed E-state index contributed by atoms with van der Waals surface area (Å²) in [6, 6.07) is 8.92. The van der Waals surface area contributed by atoms with Gasteiger partial charge in [0.2, 0.25) is 0 Å². The van der Waals surface area contributed by atoms with E-state index >= 15 is 0 Å². The topological polar surface area (TPSA) is 29.3 Å². The molecule has 0 amide bonds. The number of rotatable bonds is 3. The Bertz CT molecular complexity index is 482. The van der Waals surface area contributed by atoms with Crippen LogP contribution in [0.4, 0.5) is 5.69 Å². The Morgan fingerprint density at radius 1 is 1.24 bits per heavy atom. The number of benzene rings is 1. The summed E-state index contributed by atoms with van der Waals surface area (Å²) in [6.45, 7) is 6.71. The lowest BCUT2D eigenvalue weighted by atomic mass is 9.85. The van der Waals surface area contributed by atoms with E-state index in [9.17, 15) is 0 Å². The summed E-state index contributed by atoms with van der Waals surface area (Å²) in [5, 5.41) is 0. The van der Waals surface area contributed by atoms with Crippen molar-refractivity contribution < 1.29 is 0 Å². The number of fused-ring (bicyclic) bond motifs is 1. The van der Waals surface area contributed by atoms with E-state index in [0.717, 1.165) is 24.9 Å². The molecule has 1 aliphatic heterocycles. The van der Waals surface area contributed by atoms with Crippen LogP contribution < -0.4 is 10.6 Å². The summed E-state index contributed by atoms with van der Waals surface area (Å²) in [5.74, 6) is 1.70. The van der Waals surface area contributed by atoms with Gasteiger partial charge >= 0.3 is 0 Å². The van der Waals surface area contributed by atoms with Crippen LogP contribution in [-0.2, 0) is 6.42 Å². The van der Waals surface area contributed by atoms with Crippen molar-refractivity contribution in [1.29, 1.82) is 0 Å². The molecule has 0 aromatic heterocycles. The minimum atomic E-state index is 0.205. The minimum Gasteiger partial charge on any atom is -0.364 e.